The highest BCUT2D eigenvalue weighted by Crippen LogP contribution is 2.66. The van der Waals surface area contributed by atoms with E-state index in [1.54, 1.807) is 12.5 Å². The molecule has 4 rings (SSSR count). The van der Waals surface area contributed by atoms with E-state index < -0.39 is 0 Å². The van der Waals surface area contributed by atoms with Crippen molar-refractivity contribution in [3.8, 4) is 0 Å². The molecule has 4 aliphatic carbocycles. The molecule has 0 amide bonds. The van der Waals surface area contributed by atoms with Gasteiger partial charge >= 0.3 is 5.97 Å². The van der Waals surface area contributed by atoms with Gasteiger partial charge in [0.05, 0.1) is 0 Å². The van der Waals surface area contributed by atoms with Gasteiger partial charge in [-0.25, -0.2) is 0 Å². The number of fused-ring (bicyclic) bond motifs is 5. The van der Waals surface area contributed by atoms with Crippen LogP contribution < -0.4 is 0 Å². The zero-order valence-corrected chi connectivity index (χ0v) is 20.8. The summed E-state index contributed by atoms with van der Waals surface area (Å²) in [5, 5.41) is 0. The Kier molecular flexibility index (Phi) is 6.32. The van der Waals surface area contributed by atoms with Gasteiger partial charge in [-0.3, -0.25) is 4.79 Å². The largest absolute Gasteiger partial charge is 0.462 e. The average molecular weight is 425 g/mol. The second-order valence-corrected chi connectivity index (χ2v) is 11.9. The maximum atomic E-state index is 11.5. The molecule has 0 radical (unpaired) electrons. The normalized spacial score (nSPS) is 39.9. The smallest absolute Gasteiger partial charge is 0.302 e. The Balaban J connectivity index is 1.53. The lowest BCUT2D eigenvalue weighted by Gasteiger charge is -2.55. The topological polar surface area (TPSA) is 26.3 Å². The summed E-state index contributed by atoms with van der Waals surface area (Å²) >= 11 is 0. The summed E-state index contributed by atoms with van der Waals surface area (Å²) in [5.74, 6) is 3.01. The van der Waals surface area contributed by atoms with Crippen LogP contribution >= 0.6 is 0 Å². The van der Waals surface area contributed by atoms with Crippen LogP contribution in [0.3, 0.4) is 0 Å². The number of esters is 1. The third-order valence-electron chi connectivity index (χ3n) is 9.79. The van der Waals surface area contributed by atoms with Gasteiger partial charge in [-0.1, -0.05) is 55.7 Å². The number of hydrogen-bond acceptors (Lipinski definition) is 2. The van der Waals surface area contributed by atoms with E-state index in [-0.39, 0.29) is 17.5 Å². The van der Waals surface area contributed by atoms with Gasteiger partial charge in [0.15, 0.2) is 0 Å². The summed E-state index contributed by atoms with van der Waals surface area (Å²) in [6.07, 6.45) is 18.6. The van der Waals surface area contributed by atoms with Crippen LogP contribution in [0.15, 0.2) is 34.9 Å². The average Bonchev–Trinajstić information content (AvgIpc) is 3.05. The summed E-state index contributed by atoms with van der Waals surface area (Å²) in [7, 11) is 0. The molecule has 0 aromatic carbocycles. The Morgan fingerprint density at radius 2 is 1.87 bits per heavy atom. The number of carbonyl (C=O) groups excluding carboxylic acids is 1. The molecule has 0 aliphatic heterocycles. The van der Waals surface area contributed by atoms with E-state index in [1.807, 2.05) is 0 Å². The van der Waals surface area contributed by atoms with E-state index in [9.17, 15) is 4.79 Å². The van der Waals surface area contributed by atoms with Crippen LogP contribution in [0, 0.1) is 34.5 Å². The fourth-order valence-corrected chi connectivity index (χ4v) is 8.12. The van der Waals surface area contributed by atoms with Crippen molar-refractivity contribution in [3.05, 3.63) is 34.9 Å². The number of carbonyl (C=O) groups is 1. The second-order valence-electron chi connectivity index (χ2n) is 11.9. The highest BCUT2D eigenvalue weighted by atomic mass is 16.5. The Bertz CT molecular complexity index is 798. The van der Waals surface area contributed by atoms with Crippen molar-refractivity contribution in [2.24, 2.45) is 34.5 Å². The van der Waals surface area contributed by atoms with E-state index in [1.165, 1.54) is 49.7 Å². The van der Waals surface area contributed by atoms with Gasteiger partial charge in [0, 0.05) is 13.3 Å². The minimum Gasteiger partial charge on any atom is -0.462 e. The molecule has 2 nitrogen and oxygen atoms in total. The van der Waals surface area contributed by atoms with E-state index in [2.05, 4.69) is 52.8 Å². The summed E-state index contributed by atoms with van der Waals surface area (Å²) in [5.41, 5.74) is 5.50. The summed E-state index contributed by atoms with van der Waals surface area (Å²) in [6, 6.07) is 0. The molecule has 0 unspecified atom stereocenters. The van der Waals surface area contributed by atoms with Crippen molar-refractivity contribution >= 4 is 5.97 Å². The molecule has 0 bridgehead atoms. The highest BCUT2D eigenvalue weighted by Gasteiger charge is 2.57. The molecule has 0 N–H and O–H groups in total. The Morgan fingerprint density at radius 1 is 1.10 bits per heavy atom. The van der Waals surface area contributed by atoms with Crippen LogP contribution in [0.1, 0.15) is 99.3 Å². The van der Waals surface area contributed by atoms with Crippen LogP contribution in [-0.2, 0) is 9.53 Å². The third kappa shape index (κ3) is 4.09. The van der Waals surface area contributed by atoms with E-state index in [4.69, 9.17) is 4.74 Å². The van der Waals surface area contributed by atoms with Gasteiger partial charge in [-0.05, 0) is 99.7 Å². The van der Waals surface area contributed by atoms with Gasteiger partial charge in [0.25, 0.3) is 0 Å². The molecule has 0 saturated heterocycles. The minimum atomic E-state index is -0.134. The lowest BCUT2D eigenvalue weighted by Crippen LogP contribution is -2.46. The molecular formula is C29H44O2. The Morgan fingerprint density at radius 3 is 2.58 bits per heavy atom. The van der Waals surface area contributed by atoms with Crippen molar-refractivity contribution in [1.29, 1.82) is 0 Å². The van der Waals surface area contributed by atoms with Crippen molar-refractivity contribution in [3.63, 3.8) is 0 Å². The number of rotatable bonds is 5. The fourth-order valence-electron chi connectivity index (χ4n) is 8.12. The molecule has 0 aromatic heterocycles. The SMILES string of the molecule is CC(=O)O[C@H]1CC[C@@]2(C)C(=CC=C3[C@@H]4CC[C@H]([C@H](C)CCC=C(C)C)[C@@]4(C)CC[C@@H]32)C1. The number of ether oxygens (including phenoxy) is 1. The first kappa shape index (κ1) is 22.9. The van der Waals surface area contributed by atoms with Gasteiger partial charge in [-0.2, -0.15) is 0 Å². The van der Waals surface area contributed by atoms with Crippen LogP contribution in [0.25, 0.3) is 0 Å². The van der Waals surface area contributed by atoms with Crippen molar-refractivity contribution in [1.82, 2.24) is 0 Å². The van der Waals surface area contributed by atoms with Gasteiger partial charge in [0.2, 0.25) is 0 Å². The molecule has 0 spiro atoms. The maximum Gasteiger partial charge on any atom is 0.302 e. The van der Waals surface area contributed by atoms with E-state index >= 15 is 0 Å². The minimum absolute atomic E-state index is 0.0816. The van der Waals surface area contributed by atoms with Crippen LogP contribution in [0.5, 0.6) is 0 Å². The van der Waals surface area contributed by atoms with E-state index in [0.29, 0.717) is 11.3 Å². The summed E-state index contributed by atoms with van der Waals surface area (Å²) in [4.78, 5) is 11.5. The van der Waals surface area contributed by atoms with Crippen molar-refractivity contribution in [2.75, 3.05) is 0 Å². The molecule has 0 heterocycles. The van der Waals surface area contributed by atoms with Crippen molar-refractivity contribution in [2.45, 2.75) is 105 Å². The van der Waals surface area contributed by atoms with Gasteiger partial charge < -0.3 is 4.74 Å². The van der Waals surface area contributed by atoms with Crippen LogP contribution in [-0.4, -0.2) is 12.1 Å². The quantitative estimate of drug-likeness (QED) is 0.332. The molecule has 31 heavy (non-hydrogen) atoms. The summed E-state index contributed by atoms with van der Waals surface area (Å²) < 4.78 is 5.59. The zero-order valence-electron chi connectivity index (χ0n) is 20.8. The van der Waals surface area contributed by atoms with Crippen molar-refractivity contribution < 1.29 is 9.53 Å². The molecule has 0 aromatic rings. The maximum absolute atomic E-state index is 11.5. The molecule has 4 aliphatic rings. The summed E-state index contributed by atoms with van der Waals surface area (Å²) in [6.45, 7) is 13.6. The lowest BCUT2D eigenvalue weighted by atomic mass is 9.50. The predicted octanol–water partition coefficient (Wildman–Crippen LogP) is 7.80. The Hall–Kier alpha value is -1.31. The first-order chi connectivity index (χ1) is 14.6. The standard InChI is InChI=1S/C29H44O2/c1-19(2)8-7-9-20(3)25-12-13-26-24-11-10-22-18-23(31-21(4)30)14-16-28(22,5)27(24)15-17-29(25,26)6/h8,10-11,20,23,25-27H,7,9,12-18H2,1-6H3/t20-,23+,25-,26+,27+,28+,29-/m1/s1. The first-order valence-electron chi connectivity index (χ1n) is 12.9. The highest BCUT2D eigenvalue weighted by molar-refractivity contribution is 5.66. The molecule has 172 valence electrons. The Labute approximate surface area is 190 Å². The lowest BCUT2D eigenvalue weighted by molar-refractivity contribution is -0.148. The van der Waals surface area contributed by atoms with Crippen LogP contribution in [0.4, 0.5) is 0 Å². The molecule has 3 saturated carbocycles. The van der Waals surface area contributed by atoms with E-state index in [0.717, 1.165) is 37.0 Å². The number of hydrogen-bond donors (Lipinski definition) is 0. The third-order valence-corrected chi connectivity index (χ3v) is 9.79. The molecule has 2 heteroatoms. The fraction of sp³-hybridized carbons (Fsp3) is 0.759. The van der Waals surface area contributed by atoms with Crippen LogP contribution in [0.2, 0.25) is 0 Å². The predicted molar refractivity (Wildman–Crippen MR) is 129 cm³/mol. The second kappa shape index (κ2) is 8.56. The van der Waals surface area contributed by atoms with Gasteiger partial charge in [0.1, 0.15) is 6.10 Å². The monoisotopic (exact) mass is 424 g/mol. The molecular weight excluding hydrogens is 380 g/mol. The van der Waals surface area contributed by atoms with Gasteiger partial charge in [-0.15, -0.1) is 0 Å². The number of allylic oxidation sites excluding steroid dienone is 5. The molecule has 3 fully saturated rings. The molecule has 7 atom stereocenters. The first-order valence-corrected chi connectivity index (χ1v) is 12.9. The zero-order chi connectivity index (χ0) is 22.4.